The molecule has 1 saturated carbocycles. The number of nitro groups is 1. The zero-order valence-electron chi connectivity index (χ0n) is 10.7. The van der Waals surface area contributed by atoms with Crippen LogP contribution in [0.25, 0.3) is 0 Å². The molecule has 1 aliphatic rings. The van der Waals surface area contributed by atoms with E-state index in [0.29, 0.717) is 0 Å². The Hall–Kier alpha value is -1.63. The van der Waals surface area contributed by atoms with E-state index in [1.54, 1.807) is 0 Å². The van der Waals surface area contributed by atoms with Gasteiger partial charge in [0.2, 0.25) is 11.7 Å². The van der Waals surface area contributed by atoms with Crippen LogP contribution in [0.15, 0.2) is 18.2 Å². The van der Waals surface area contributed by atoms with Gasteiger partial charge in [0, 0.05) is 36.4 Å². The molecule has 0 radical (unpaired) electrons. The van der Waals surface area contributed by atoms with Crippen LogP contribution in [0.5, 0.6) is 0 Å². The molecule has 1 aromatic carbocycles. The van der Waals surface area contributed by atoms with Gasteiger partial charge in [0.15, 0.2) is 0 Å². The first-order chi connectivity index (χ1) is 9.31. The van der Waals surface area contributed by atoms with Crippen molar-refractivity contribution in [2.45, 2.75) is 37.0 Å². The SMILES string of the molecule is NCC1(c2cccc([N+](=O)[O-])c2F)CCC(F)(F)CC1. The zero-order valence-corrected chi connectivity index (χ0v) is 10.7. The molecule has 0 atom stereocenters. The molecule has 0 aliphatic heterocycles. The summed E-state index contributed by atoms with van der Waals surface area (Å²) in [5.41, 5.74) is 4.15. The molecule has 7 heteroatoms. The molecule has 110 valence electrons. The second kappa shape index (κ2) is 5.05. The number of hydrogen-bond donors (Lipinski definition) is 1. The predicted octanol–water partition coefficient (Wildman–Crippen LogP) is 3.14. The average molecular weight is 288 g/mol. The molecule has 0 unspecified atom stereocenters. The quantitative estimate of drug-likeness (QED) is 0.686. The van der Waals surface area contributed by atoms with E-state index in [4.69, 9.17) is 5.73 Å². The van der Waals surface area contributed by atoms with Crippen LogP contribution in [0.3, 0.4) is 0 Å². The maximum absolute atomic E-state index is 14.2. The molecule has 1 aromatic rings. The van der Waals surface area contributed by atoms with E-state index in [1.807, 2.05) is 0 Å². The number of nitrogens with two attached hydrogens (primary N) is 1. The van der Waals surface area contributed by atoms with Gasteiger partial charge in [-0.2, -0.15) is 4.39 Å². The molecule has 0 saturated heterocycles. The highest BCUT2D eigenvalue weighted by atomic mass is 19.3. The molecule has 2 rings (SSSR count). The number of nitro benzene ring substituents is 1. The molecule has 1 fully saturated rings. The number of nitrogens with zero attached hydrogens (tertiary/aromatic N) is 1. The lowest BCUT2D eigenvalue weighted by Gasteiger charge is -2.39. The van der Waals surface area contributed by atoms with Crippen molar-refractivity contribution in [3.8, 4) is 0 Å². The van der Waals surface area contributed by atoms with E-state index in [2.05, 4.69) is 0 Å². The molecule has 2 N–H and O–H groups in total. The summed E-state index contributed by atoms with van der Waals surface area (Å²) in [6.07, 6.45) is -0.720. The molecule has 0 amide bonds. The highest BCUT2D eigenvalue weighted by Gasteiger charge is 2.45. The van der Waals surface area contributed by atoms with Crippen LogP contribution >= 0.6 is 0 Å². The van der Waals surface area contributed by atoms with Crippen LogP contribution in [-0.2, 0) is 5.41 Å². The molecular formula is C13H15F3N2O2. The number of rotatable bonds is 3. The lowest BCUT2D eigenvalue weighted by molar-refractivity contribution is -0.387. The predicted molar refractivity (Wildman–Crippen MR) is 67.2 cm³/mol. The van der Waals surface area contributed by atoms with Crippen molar-refractivity contribution < 1.29 is 18.1 Å². The van der Waals surface area contributed by atoms with E-state index >= 15 is 0 Å². The summed E-state index contributed by atoms with van der Waals surface area (Å²) in [5, 5.41) is 10.8. The third-order valence-corrected chi connectivity index (χ3v) is 4.08. The standard InChI is InChI=1S/C13H15F3N2O2/c14-11-9(2-1-3-10(11)18(19)20)12(8-17)4-6-13(15,16)7-5-12/h1-3H,4-8,17H2. The maximum Gasteiger partial charge on any atom is 0.305 e. The lowest BCUT2D eigenvalue weighted by Crippen LogP contribution is -2.42. The Kier molecular flexibility index (Phi) is 3.73. The second-order valence-corrected chi connectivity index (χ2v) is 5.24. The Morgan fingerprint density at radius 3 is 2.35 bits per heavy atom. The van der Waals surface area contributed by atoms with Crippen LogP contribution < -0.4 is 5.73 Å². The van der Waals surface area contributed by atoms with E-state index in [-0.39, 0.29) is 37.8 Å². The Balaban J connectivity index is 2.43. The summed E-state index contributed by atoms with van der Waals surface area (Å²) in [6.45, 7) is -0.0127. The molecule has 0 bridgehead atoms. The summed E-state index contributed by atoms with van der Waals surface area (Å²) in [4.78, 5) is 9.95. The van der Waals surface area contributed by atoms with Crippen LogP contribution in [0.2, 0.25) is 0 Å². The fraction of sp³-hybridized carbons (Fsp3) is 0.538. The minimum atomic E-state index is -2.77. The first kappa shape index (κ1) is 14.8. The number of benzene rings is 1. The van der Waals surface area contributed by atoms with Gasteiger partial charge < -0.3 is 5.73 Å². The monoisotopic (exact) mass is 288 g/mol. The fourth-order valence-corrected chi connectivity index (χ4v) is 2.75. The highest BCUT2D eigenvalue weighted by Crippen LogP contribution is 2.46. The van der Waals surface area contributed by atoms with Crippen molar-refractivity contribution >= 4 is 5.69 Å². The first-order valence-electron chi connectivity index (χ1n) is 6.33. The number of halogens is 3. The molecule has 0 spiro atoms. The summed E-state index contributed by atoms with van der Waals surface area (Å²) in [5.74, 6) is -3.73. The summed E-state index contributed by atoms with van der Waals surface area (Å²) < 4.78 is 40.8. The molecular weight excluding hydrogens is 273 g/mol. The summed E-state index contributed by atoms with van der Waals surface area (Å²) in [6, 6.07) is 3.82. The average Bonchev–Trinajstić information content (AvgIpc) is 2.40. The normalized spacial score (nSPS) is 20.6. The first-order valence-corrected chi connectivity index (χ1v) is 6.33. The third-order valence-electron chi connectivity index (χ3n) is 4.08. The van der Waals surface area contributed by atoms with Crippen molar-refractivity contribution in [2.75, 3.05) is 6.54 Å². The van der Waals surface area contributed by atoms with Crippen molar-refractivity contribution in [3.63, 3.8) is 0 Å². The van der Waals surface area contributed by atoms with Gasteiger partial charge in [0.05, 0.1) is 4.92 Å². The summed E-state index contributed by atoms with van der Waals surface area (Å²) >= 11 is 0. The Labute approximate surface area is 113 Å². The topological polar surface area (TPSA) is 69.2 Å². The van der Waals surface area contributed by atoms with Gasteiger partial charge in [0.1, 0.15) is 0 Å². The van der Waals surface area contributed by atoms with Crippen molar-refractivity contribution in [1.29, 1.82) is 0 Å². The molecule has 4 nitrogen and oxygen atoms in total. The fourth-order valence-electron chi connectivity index (χ4n) is 2.75. The lowest BCUT2D eigenvalue weighted by atomic mass is 9.68. The van der Waals surface area contributed by atoms with E-state index in [9.17, 15) is 23.3 Å². The Morgan fingerprint density at radius 2 is 1.85 bits per heavy atom. The Bertz CT molecular complexity index is 524. The molecule has 1 aliphatic carbocycles. The molecule has 0 heterocycles. The van der Waals surface area contributed by atoms with Gasteiger partial charge in [-0.25, -0.2) is 8.78 Å². The van der Waals surface area contributed by atoms with Gasteiger partial charge in [-0.3, -0.25) is 10.1 Å². The van der Waals surface area contributed by atoms with Crippen molar-refractivity contribution in [1.82, 2.24) is 0 Å². The molecule has 20 heavy (non-hydrogen) atoms. The van der Waals surface area contributed by atoms with Gasteiger partial charge in [-0.15, -0.1) is 0 Å². The second-order valence-electron chi connectivity index (χ2n) is 5.24. The minimum Gasteiger partial charge on any atom is -0.330 e. The smallest absolute Gasteiger partial charge is 0.305 e. The number of hydrogen-bond acceptors (Lipinski definition) is 3. The summed E-state index contributed by atoms with van der Waals surface area (Å²) in [7, 11) is 0. The Morgan fingerprint density at radius 1 is 1.25 bits per heavy atom. The third kappa shape index (κ3) is 2.49. The maximum atomic E-state index is 14.2. The van der Waals surface area contributed by atoms with Crippen LogP contribution in [0.4, 0.5) is 18.9 Å². The van der Waals surface area contributed by atoms with Gasteiger partial charge in [-0.05, 0) is 12.8 Å². The van der Waals surface area contributed by atoms with Crippen molar-refractivity contribution in [3.05, 3.63) is 39.7 Å². The number of alkyl halides is 2. The van der Waals surface area contributed by atoms with Gasteiger partial charge in [-0.1, -0.05) is 12.1 Å². The van der Waals surface area contributed by atoms with Crippen LogP contribution in [0.1, 0.15) is 31.2 Å². The van der Waals surface area contributed by atoms with Gasteiger partial charge in [0.25, 0.3) is 0 Å². The van der Waals surface area contributed by atoms with Crippen LogP contribution in [0, 0.1) is 15.9 Å². The largest absolute Gasteiger partial charge is 0.330 e. The minimum absolute atomic E-state index is 0.0127. The van der Waals surface area contributed by atoms with Gasteiger partial charge >= 0.3 is 5.69 Å². The van der Waals surface area contributed by atoms with Crippen LogP contribution in [-0.4, -0.2) is 17.4 Å². The zero-order chi connectivity index (χ0) is 15.0. The molecule has 0 aromatic heterocycles. The van der Waals surface area contributed by atoms with E-state index < -0.39 is 27.8 Å². The highest BCUT2D eigenvalue weighted by molar-refractivity contribution is 5.41. The van der Waals surface area contributed by atoms with E-state index in [0.717, 1.165) is 6.07 Å². The van der Waals surface area contributed by atoms with E-state index in [1.165, 1.54) is 12.1 Å². The van der Waals surface area contributed by atoms with Crippen molar-refractivity contribution in [2.24, 2.45) is 5.73 Å².